The summed E-state index contributed by atoms with van der Waals surface area (Å²) in [6, 6.07) is 5.02. The summed E-state index contributed by atoms with van der Waals surface area (Å²) >= 11 is 2.57. The van der Waals surface area contributed by atoms with E-state index in [0.29, 0.717) is 33.3 Å². The van der Waals surface area contributed by atoms with Crippen LogP contribution in [-0.2, 0) is 32.6 Å². The van der Waals surface area contributed by atoms with Gasteiger partial charge in [0.15, 0.2) is 0 Å². The number of urea groups is 1. The predicted molar refractivity (Wildman–Crippen MR) is 148 cm³/mol. The number of aromatic nitrogens is 4. The van der Waals surface area contributed by atoms with Gasteiger partial charge in [-0.3, -0.25) is 24.2 Å². The largest absolute Gasteiger partial charge is 1.00 e. The van der Waals surface area contributed by atoms with Gasteiger partial charge in [-0.05, 0) is 41.5 Å². The Bertz CT molecular complexity index is 1480. The number of para-hydroxylation sites is 1. The van der Waals surface area contributed by atoms with E-state index in [0.717, 1.165) is 9.80 Å². The molecular weight excluding hydrogens is 595 g/mol. The second-order valence-electron chi connectivity index (χ2n) is 9.17. The number of fused-ring (bicyclic) bond motifs is 1. The van der Waals surface area contributed by atoms with Gasteiger partial charge in [-0.15, -0.1) is 16.9 Å². The second kappa shape index (κ2) is 14.3. The minimum atomic E-state index is -1.47. The van der Waals surface area contributed by atoms with Crippen LogP contribution in [0.1, 0.15) is 19.4 Å². The maximum absolute atomic E-state index is 13.0. The molecule has 4 rings (SSSR count). The number of likely N-dealkylation sites (N-methyl/N-ethyl adjacent to an activating group) is 1. The number of nitrogens with zero attached hydrogens (tertiary/aromatic N) is 6. The van der Waals surface area contributed by atoms with Crippen molar-refractivity contribution in [1.29, 1.82) is 0 Å². The molecule has 0 spiro atoms. The summed E-state index contributed by atoms with van der Waals surface area (Å²) in [5.74, 6) is -2.42. The number of carboxylic acid groups (broad SMARTS) is 1. The van der Waals surface area contributed by atoms with Crippen LogP contribution in [-0.4, -0.2) is 89.7 Å². The van der Waals surface area contributed by atoms with E-state index in [1.54, 1.807) is 51.2 Å². The molecule has 2 atom stereocenters. The van der Waals surface area contributed by atoms with Gasteiger partial charge in [0.05, 0.1) is 18.1 Å². The molecule has 14 nitrogen and oxygen atoms in total. The fourth-order valence-corrected chi connectivity index (χ4v) is 6.49. The van der Waals surface area contributed by atoms with Crippen molar-refractivity contribution in [1.82, 2.24) is 35.3 Å². The van der Waals surface area contributed by atoms with Gasteiger partial charge in [0.25, 0.3) is 11.8 Å². The number of imide groups is 1. The molecule has 2 N–H and O–H groups in total. The minimum Gasteiger partial charge on any atom is -0.543 e. The Labute approximate surface area is 272 Å². The summed E-state index contributed by atoms with van der Waals surface area (Å²) in [7, 11) is 3.01. The van der Waals surface area contributed by atoms with E-state index < -0.39 is 41.1 Å². The number of rotatable bonds is 9. The normalized spacial score (nSPS) is 18.0. The van der Waals surface area contributed by atoms with Crippen molar-refractivity contribution in [2.45, 2.75) is 36.8 Å². The standard InChI is InChI=1S/C25H28N8O6S2.Na/c1-5-13(2)20(35)31(3)24(39)26-16-9-7-6-8-14(16)10-17(34)27-18-21(36)33-19(23(37)38)15(11-40-22(18)33)12-41-25-28-29-30-32(25)4;/h5-9,18,22H,10-12H2,1-4H3,(H,26,39)(H,27,34)(H,37,38);/q;+1/p-1/b13-5+;/t18?,22-;/m1./s1. The Kier molecular flexibility index (Phi) is 11.4. The quantitative estimate of drug-likeness (QED) is 0.125. The average Bonchev–Trinajstić information content (AvgIpc) is 3.37. The first-order valence-corrected chi connectivity index (χ1v) is 14.4. The number of benzene rings is 1. The van der Waals surface area contributed by atoms with Crippen LogP contribution in [0, 0.1) is 0 Å². The molecule has 0 radical (unpaired) electrons. The van der Waals surface area contributed by atoms with Gasteiger partial charge in [0.2, 0.25) is 11.1 Å². The van der Waals surface area contributed by atoms with Crippen molar-refractivity contribution in [3.63, 3.8) is 0 Å². The Hall–Kier alpha value is -3.18. The molecule has 1 aromatic heterocycles. The Morgan fingerprint density at radius 3 is 2.62 bits per heavy atom. The van der Waals surface area contributed by atoms with Gasteiger partial charge in [0, 0.05) is 36.9 Å². The summed E-state index contributed by atoms with van der Waals surface area (Å²) < 4.78 is 1.45. The van der Waals surface area contributed by atoms with E-state index in [1.807, 2.05) is 0 Å². The van der Waals surface area contributed by atoms with Crippen LogP contribution in [0.5, 0.6) is 0 Å². The van der Waals surface area contributed by atoms with Crippen LogP contribution in [0.25, 0.3) is 0 Å². The number of carbonyl (C=O) groups excluding carboxylic acids is 5. The SMILES string of the molecule is C/C=C(\C)C(=O)N(C)C(=O)Nc1ccccc1CC(=O)NC1C(=O)N2C(C(=O)[O-])=C(CSc3nnnn3C)CS[C@H]12.[Na+]. The molecule has 0 saturated carbocycles. The van der Waals surface area contributed by atoms with Crippen LogP contribution in [0.2, 0.25) is 0 Å². The molecular formula is C25H27N8NaO6S2. The maximum atomic E-state index is 13.0. The van der Waals surface area contributed by atoms with Crippen LogP contribution >= 0.6 is 23.5 Å². The monoisotopic (exact) mass is 622 g/mol. The van der Waals surface area contributed by atoms with Gasteiger partial charge < -0.3 is 20.5 Å². The number of aryl methyl sites for hydroxylation is 1. The second-order valence-corrected chi connectivity index (χ2v) is 11.2. The number of β-lactam (4-membered cyclic amide) rings is 1. The van der Waals surface area contributed by atoms with Crippen LogP contribution in [0.15, 0.2) is 52.3 Å². The number of carboxylic acids is 1. The van der Waals surface area contributed by atoms with Gasteiger partial charge in [-0.1, -0.05) is 36.0 Å². The summed E-state index contributed by atoms with van der Waals surface area (Å²) in [5, 5.41) is 28.4. The first-order chi connectivity index (χ1) is 19.5. The molecule has 17 heteroatoms. The number of hydrogen-bond donors (Lipinski definition) is 2. The zero-order valence-corrected chi connectivity index (χ0v) is 27.2. The molecule has 0 aliphatic carbocycles. The zero-order valence-electron chi connectivity index (χ0n) is 23.6. The van der Waals surface area contributed by atoms with Gasteiger partial charge in [0.1, 0.15) is 11.4 Å². The Morgan fingerprint density at radius 1 is 1.26 bits per heavy atom. The molecule has 3 heterocycles. The van der Waals surface area contributed by atoms with E-state index in [2.05, 4.69) is 26.2 Å². The Morgan fingerprint density at radius 2 is 1.98 bits per heavy atom. The molecule has 2 aromatic rings. The summed E-state index contributed by atoms with van der Waals surface area (Å²) in [6.45, 7) is 3.29. The van der Waals surface area contributed by atoms with E-state index >= 15 is 0 Å². The molecule has 2 aliphatic heterocycles. The third-order valence-corrected chi connectivity index (χ3v) is 8.94. The smallest absolute Gasteiger partial charge is 0.543 e. The number of nitrogens with one attached hydrogen (secondary N) is 2. The molecule has 1 fully saturated rings. The molecule has 216 valence electrons. The number of aliphatic carboxylic acids is 1. The molecule has 0 bridgehead atoms. The van der Waals surface area contributed by atoms with Crippen LogP contribution < -0.4 is 45.3 Å². The number of thioether (sulfide) groups is 2. The number of anilines is 1. The first kappa shape index (κ1) is 33.3. The molecule has 42 heavy (non-hydrogen) atoms. The van der Waals surface area contributed by atoms with E-state index in [9.17, 15) is 29.1 Å². The molecule has 1 unspecified atom stereocenters. The number of amides is 5. The summed E-state index contributed by atoms with van der Waals surface area (Å²) in [6.07, 6.45) is 1.43. The van der Waals surface area contributed by atoms with Crippen molar-refractivity contribution in [3.05, 3.63) is 52.7 Å². The van der Waals surface area contributed by atoms with E-state index in [-0.39, 0.29) is 47.4 Å². The number of allylic oxidation sites excluding steroid dienone is 1. The van der Waals surface area contributed by atoms with Crippen molar-refractivity contribution < 1.29 is 58.6 Å². The maximum Gasteiger partial charge on any atom is 1.00 e. The molecule has 1 aromatic carbocycles. The van der Waals surface area contributed by atoms with Crippen molar-refractivity contribution in [3.8, 4) is 0 Å². The topological polar surface area (TPSA) is 183 Å². The zero-order chi connectivity index (χ0) is 29.8. The molecule has 2 aliphatic rings. The number of hydrogen-bond acceptors (Lipinski definition) is 11. The third-order valence-electron chi connectivity index (χ3n) is 6.50. The van der Waals surface area contributed by atoms with Gasteiger partial charge in [-0.2, -0.15) is 0 Å². The van der Waals surface area contributed by atoms with Gasteiger partial charge in [-0.25, -0.2) is 9.48 Å². The first-order valence-electron chi connectivity index (χ1n) is 12.4. The third kappa shape index (κ3) is 7.06. The molecule has 5 amide bonds. The fraction of sp³-hybridized carbons (Fsp3) is 0.360. The Balaban J connectivity index is 0.00000484. The van der Waals surface area contributed by atoms with E-state index in [1.165, 1.54) is 35.3 Å². The summed E-state index contributed by atoms with van der Waals surface area (Å²) in [5.41, 5.74) is 1.50. The average molecular weight is 623 g/mol. The fourth-order valence-electron chi connectivity index (χ4n) is 4.15. The minimum absolute atomic E-state index is 0. The predicted octanol–water partition coefficient (Wildman–Crippen LogP) is -3.09. The van der Waals surface area contributed by atoms with Crippen LogP contribution in [0.3, 0.4) is 0 Å². The number of carbonyl (C=O) groups is 5. The van der Waals surface area contributed by atoms with E-state index in [4.69, 9.17) is 0 Å². The molecule has 1 saturated heterocycles. The van der Waals surface area contributed by atoms with Crippen molar-refractivity contribution >= 4 is 58.9 Å². The number of tetrazole rings is 1. The van der Waals surface area contributed by atoms with Crippen molar-refractivity contribution in [2.75, 3.05) is 23.9 Å². The van der Waals surface area contributed by atoms with Gasteiger partial charge >= 0.3 is 35.6 Å². The van der Waals surface area contributed by atoms with Crippen LogP contribution in [0.4, 0.5) is 10.5 Å². The summed E-state index contributed by atoms with van der Waals surface area (Å²) in [4.78, 5) is 65.0. The van der Waals surface area contributed by atoms with Crippen molar-refractivity contribution in [2.24, 2.45) is 7.05 Å².